The number of hydrogen-bond acceptors (Lipinski definition) is 6. The van der Waals surface area contributed by atoms with Crippen LogP contribution in [0, 0.1) is 13.8 Å². The zero-order valence-corrected chi connectivity index (χ0v) is 19.3. The van der Waals surface area contributed by atoms with Gasteiger partial charge in [-0.1, -0.05) is 24.3 Å². The Labute approximate surface area is 187 Å². The minimum absolute atomic E-state index is 0.407. The average Bonchev–Trinajstić information content (AvgIpc) is 3.03. The van der Waals surface area contributed by atoms with Crippen molar-refractivity contribution in [1.29, 1.82) is 0 Å². The third kappa shape index (κ3) is 3.21. The van der Waals surface area contributed by atoms with Crippen LogP contribution in [-0.4, -0.2) is 54.3 Å². The number of benzene rings is 1. The number of thioether (sulfide) groups is 1. The summed E-state index contributed by atoms with van der Waals surface area (Å²) in [7, 11) is 0.591. The largest absolute Gasteiger partial charge is 0.484 e. The Kier molecular flexibility index (Phi) is 4.95. The second-order valence-electron chi connectivity index (χ2n) is 8.24. The normalized spacial score (nSPS) is 21.6. The van der Waals surface area contributed by atoms with Gasteiger partial charge in [0.25, 0.3) is 0 Å². The number of carbonyl (C=O) groups excluding carboxylic acids is 2. The van der Waals surface area contributed by atoms with Crippen molar-refractivity contribution in [3.8, 4) is 0 Å². The number of rotatable bonds is 2. The number of fused-ring (bicyclic) bond motifs is 2. The molecule has 2 aliphatic heterocycles. The highest BCUT2D eigenvalue weighted by atomic mass is 32.2. The van der Waals surface area contributed by atoms with Crippen molar-refractivity contribution in [3.63, 3.8) is 0 Å². The van der Waals surface area contributed by atoms with Gasteiger partial charge in [0.15, 0.2) is 0 Å². The lowest BCUT2D eigenvalue weighted by Crippen LogP contribution is -2.49. The maximum absolute atomic E-state index is 13.2. The third-order valence-corrected chi connectivity index (χ3v) is 9.42. The Hall–Kier alpha value is -2.23. The first kappa shape index (κ1) is 20.7. The van der Waals surface area contributed by atoms with E-state index in [1.807, 2.05) is 37.3 Å². The molecule has 0 bridgehead atoms. The summed E-state index contributed by atoms with van der Waals surface area (Å²) in [6, 6.07) is 7.13. The molecule has 1 aromatic carbocycles. The minimum atomic E-state index is -1.27. The molecule has 2 aromatic rings. The van der Waals surface area contributed by atoms with E-state index in [0.29, 0.717) is 53.5 Å². The van der Waals surface area contributed by atoms with Crippen molar-refractivity contribution in [2.45, 2.75) is 37.2 Å². The van der Waals surface area contributed by atoms with E-state index in [1.54, 1.807) is 16.8 Å². The van der Waals surface area contributed by atoms with Crippen LogP contribution in [0.15, 0.2) is 34.1 Å². The summed E-state index contributed by atoms with van der Waals surface area (Å²) in [5, 5.41) is 4.39. The molecule has 0 amide bonds. The van der Waals surface area contributed by atoms with Crippen LogP contribution in [0.25, 0.3) is 5.76 Å². The number of nitrogens with zero attached hydrogens (tertiary/aromatic N) is 3. The number of piperidine rings is 1. The summed E-state index contributed by atoms with van der Waals surface area (Å²) in [6.07, 6.45) is 1.40. The second-order valence-corrected chi connectivity index (χ2v) is 10.6. The number of ketones is 2. The number of carbonyl (C=O) groups is 2. The molecule has 162 valence electrons. The molecule has 7 nitrogen and oxygen atoms in total. The lowest BCUT2D eigenvalue weighted by molar-refractivity contribution is -0.111. The molecule has 5 rings (SSSR count). The molecule has 1 aromatic heterocycles. The molecule has 1 saturated heterocycles. The van der Waals surface area contributed by atoms with Gasteiger partial charge in [-0.15, -0.1) is 11.8 Å². The number of hydrogen-bond donors (Lipinski definition) is 0. The third-order valence-electron chi connectivity index (χ3n) is 6.32. The molecule has 1 unspecified atom stereocenters. The number of allylic oxidation sites excluding steroid dienone is 1. The number of aromatic nitrogens is 2. The van der Waals surface area contributed by atoms with Crippen molar-refractivity contribution in [1.82, 2.24) is 14.1 Å². The highest BCUT2D eigenvalue weighted by Gasteiger charge is 2.46. The van der Waals surface area contributed by atoms with Crippen molar-refractivity contribution >= 4 is 40.1 Å². The Balaban J connectivity index is 1.38. The van der Waals surface area contributed by atoms with Crippen LogP contribution in [0.2, 0.25) is 0 Å². The number of Topliss-reactive ketones (excluding diaryl/α,β-unsaturated/α-hetero) is 2. The Bertz CT molecular complexity index is 1180. The fourth-order valence-electron chi connectivity index (χ4n) is 4.45. The summed E-state index contributed by atoms with van der Waals surface area (Å²) in [5.74, 6) is 0.201. The van der Waals surface area contributed by atoms with Gasteiger partial charge in [0.05, 0.1) is 16.3 Å². The molecule has 3 heterocycles. The van der Waals surface area contributed by atoms with Crippen LogP contribution < -0.4 is 0 Å². The lowest BCUT2D eigenvalue weighted by Gasteiger charge is -2.45. The number of ether oxygens (including phenoxy) is 1. The Morgan fingerprint density at radius 2 is 1.77 bits per heavy atom. The van der Waals surface area contributed by atoms with Gasteiger partial charge in [-0.3, -0.25) is 14.3 Å². The van der Waals surface area contributed by atoms with E-state index >= 15 is 0 Å². The van der Waals surface area contributed by atoms with Gasteiger partial charge < -0.3 is 4.74 Å². The van der Waals surface area contributed by atoms with Crippen LogP contribution >= 0.6 is 11.8 Å². The van der Waals surface area contributed by atoms with E-state index in [0.717, 1.165) is 16.3 Å². The zero-order valence-electron chi connectivity index (χ0n) is 17.6. The first-order chi connectivity index (χ1) is 14.8. The molecule has 0 radical (unpaired) electrons. The van der Waals surface area contributed by atoms with E-state index in [9.17, 15) is 13.8 Å². The predicted molar refractivity (Wildman–Crippen MR) is 119 cm³/mol. The molecule has 31 heavy (non-hydrogen) atoms. The summed E-state index contributed by atoms with van der Waals surface area (Å²) in [5.41, 5.74) is 2.38. The van der Waals surface area contributed by atoms with Crippen molar-refractivity contribution in [3.05, 3.63) is 51.7 Å². The standard InChI is InChI=1S/C22H23N3O4S2/c1-13-21(14(2)24(3)23-13)31(28)25-10-8-22(9-11-25)12-30-20-18(27)17(26)15-6-4-5-7-16(15)19(20)29-22/h4-7H,8-12H2,1-3H3. The van der Waals surface area contributed by atoms with Gasteiger partial charge >= 0.3 is 0 Å². The van der Waals surface area contributed by atoms with Crippen molar-refractivity contribution in [2.24, 2.45) is 7.05 Å². The van der Waals surface area contributed by atoms with Gasteiger partial charge in [-0.25, -0.2) is 8.51 Å². The fourth-order valence-corrected chi connectivity index (χ4v) is 7.17. The lowest BCUT2D eigenvalue weighted by atomic mass is 9.90. The summed E-state index contributed by atoms with van der Waals surface area (Å²) in [4.78, 5) is 26.2. The van der Waals surface area contributed by atoms with Gasteiger partial charge in [-0.05, 0) is 13.8 Å². The van der Waals surface area contributed by atoms with Gasteiger partial charge in [0.1, 0.15) is 27.3 Å². The molecule has 9 heteroatoms. The van der Waals surface area contributed by atoms with E-state index in [2.05, 4.69) is 5.10 Å². The molecular formula is C22H23N3O4S2. The number of aryl methyl sites for hydroxylation is 2. The van der Waals surface area contributed by atoms with Crippen LogP contribution in [0.1, 0.15) is 40.2 Å². The SMILES string of the molecule is Cc1nn(C)c(C)c1S(=O)N1CCC2(CC1)CSC1=C(O2)c2ccccc2C(=O)C1=O. The quantitative estimate of drug-likeness (QED) is 0.645. The van der Waals surface area contributed by atoms with E-state index in [1.165, 1.54) is 11.8 Å². The zero-order chi connectivity index (χ0) is 21.9. The van der Waals surface area contributed by atoms with E-state index < -0.39 is 28.2 Å². The molecule has 1 atom stereocenters. The fraction of sp³-hybridized carbons (Fsp3) is 0.409. The monoisotopic (exact) mass is 457 g/mol. The highest BCUT2D eigenvalue weighted by Crippen LogP contribution is 2.47. The second kappa shape index (κ2) is 7.43. The Morgan fingerprint density at radius 3 is 2.42 bits per heavy atom. The summed E-state index contributed by atoms with van der Waals surface area (Å²) >= 11 is 1.42. The van der Waals surface area contributed by atoms with Crippen molar-refractivity contribution < 1.29 is 18.5 Å². The molecule has 1 spiro atoms. The van der Waals surface area contributed by atoms with Crippen LogP contribution in [0.5, 0.6) is 0 Å². The van der Waals surface area contributed by atoms with Gasteiger partial charge in [0, 0.05) is 49.9 Å². The van der Waals surface area contributed by atoms with Gasteiger partial charge in [0.2, 0.25) is 11.6 Å². The Morgan fingerprint density at radius 1 is 1.10 bits per heavy atom. The first-order valence-corrected chi connectivity index (χ1v) is 12.3. The average molecular weight is 458 g/mol. The van der Waals surface area contributed by atoms with Gasteiger partial charge in [-0.2, -0.15) is 5.10 Å². The molecule has 0 saturated carbocycles. The molecule has 1 aliphatic carbocycles. The van der Waals surface area contributed by atoms with Crippen LogP contribution in [0.4, 0.5) is 0 Å². The maximum Gasteiger partial charge on any atom is 0.243 e. The van der Waals surface area contributed by atoms with E-state index in [-0.39, 0.29) is 0 Å². The summed E-state index contributed by atoms with van der Waals surface area (Å²) < 4.78 is 23.5. The van der Waals surface area contributed by atoms with Crippen molar-refractivity contribution in [2.75, 3.05) is 18.8 Å². The first-order valence-electron chi connectivity index (χ1n) is 10.2. The topological polar surface area (TPSA) is 81.5 Å². The minimum Gasteiger partial charge on any atom is -0.484 e. The molecule has 3 aliphatic rings. The summed E-state index contributed by atoms with van der Waals surface area (Å²) in [6.45, 7) is 5.07. The molecule has 0 N–H and O–H groups in total. The molecule has 1 fully saturated rings. The molecular weight excluding hydrogens is 434 g/mol. The maximum atomic E-state index is 13.2. The van der Waals surface area contributed by atoms with Crippen LogP contribution in [0.3, 0.4) is 0 Å². The highest BCUT2D eigenvalue weighted by molar-refractivity contribution is 8.04. The smallest absolute Gasteiger partial charge is 0.243 e. The predicted octanol–water partition coefficient (Wildman–Crippen LogP) is 2.79. The van der Waals surface area contributed by atoms with Crippen LogP contribution in [-0.2, 0) is 27.6 Å². The van der Waals surface area contributed by atoms with E-state index in [4.69, 9.17) is 4.74 Å².